The fourth-order valence-corrected chi connectivity index (χ4v) is 6.40. The van der Waals surface area contributed by atoms with Crippen molar-refractivity contribution in [2.24, 2.45) is 5.73 Å². The van der Waals surface area contributed by atoms with E-state index in [1.165, 1.54) is 24.3 Å². The Morgan fingerprint density at radius 3 is 1.46 bits per heavy atom. The highest BCUT2D eigenvalue weighted by Gasteiger charge is 2.25. The molecule has 0 bridgehead atoms. The third-order valence-corrected chi connectivity index (χ3v) is 9.79. The summed E-state index contributed by atoms with van der Waals surface area (Å²) in [7, 11) is 0. The first-order valence-electron chi connectivity index (χ1n) is 20.5. The molecule has 0 saturated carbocycles. The Balaban J connectivity index is 1.88. The summed E-state index contributed by atoms with van der Waals surface area (Å²) in [6.45, 7) is -0.606. The SMILES string of the molecule is NC(=O)c1cccc(C(=O)NCC(=O)NC(CCC(=O)O)C(=O)NCC(=O)N[C@H](CCCCNC(=O)CN2CCN(CC(=O)O)CCN(CC(=O)O)CCN(CC(=O)O)CC2)C(=O)O)c1. The van der Waals surface area contributed by atoms with Crippen LogP contribution in [-0.4, -0.2) is 221 Å². The first-order chi connectivity index (χ1) is 30.7. The normalized spacial score (nSPS) is 15.4. The van der Waals surface area contributed by atoms with Gasteiger partial charge in [-0.25, -0.2) is 4.79 Å². The van der Waals surface area contributed by atoms with Crippen molar-refractivity contribution >= 4 is 65.3 Å². The fraction of sp³-hybridized carbons (Fsp3) is 0.564. The summed E-state index contributed by atoms with van der Waals surface area (Å²) in [6.07, 6.45) is -0.524. The van der Waals surface area contributed by atoms with Crippen LogP contribution in [0, 0.1) is 0 Å². The molecule has 1 aromatic carbocycles. The molecule has 12 N–H and O–H groups in total. The quantitative estimate of drug-likeness (QED) is 0.0389. The average Bonchev–Trinajstić information content (AvgIpc) is 3.22. The van der Waals surface area contributed by atoms with Crippen molar-refractivity contribution < 1.29 is 78.3 Å². The Kier molecular flexibility index (Phi) is 24.1. The lowest BCUT2D eigenvalue weighted by Crippen LogP contribution is -2.52. The second-order valence-electron chi connectivity index (χ2n) is 15.0. The van der Waals surface area contributed by atoms with Gasteiger partial charge in [0.1, 0.15) is 12.1 Å². The van der Waals surface area contributed by atoms with Crippen molar-refractivity contribution in [2.45, 2.75) is 44.2 Å². The molecule has 1 fully saturated rings. The highest BCUT2D eigenvalue weighted by Crippen LogP contribution is 2.06. The maximum atomic E-state index is 13.0. The number of primary amides is 1. The summed E-state index contributed by atoms with van der Waals surface area (Å²) in [4.78, 5) is 139. The van der Waals surface area contributed by atoms with E-state index in [1.807, 2.05) is 0 Å². The van der Waals surface area contributed by atoms with E-state index < -0.39 is 103 Å². The van der Waals surface area contributed by atoms with E-state index in [-0.39, 0.29) is 109 Å². The molecule has 65 heavy (non-hydrogen) atoms. The van der Waals surface area contributed by atoms with Crippen LogP contribution in [0.25, 0.3) is 0 Å². The summed E-state index contributed by atoms with van der Waals surface area (Å²) < 4.78 is 0. The van der Waals surface area contributed by atoms with Gasteiger partial charge in [-0.05, 0) is 43.9 Å². The molecule has 2 atom stereocenters. The lowest BCUT2D eigenvalue weighted by Gasteiger charge is -2.32. The van der Waals surface area contributed by atoms with Crippen LogP contribution >= 0.6 is 0 Å². The third-order valence-electron chi connectivity index (χ3n) is 9.79. The number of nitrogens with one attached hydrogen (secondary N) is 5. The van der Waals surface area contributed by atoms with Gasteiger partial charge in [0.25, 0.3) is 5.91 Å². The summed E-state index contributed by atoms with van der Waals surface area (Å²) in [5, 5.41) is 58.8. The summed E-state index contributed by atoms with van der Waals surface area (Å²) in [5.41, 5.74) is 5.28. The van der Waals surface area contributed by atoms with E-state index in [2.05, 4.69) is 26.6 Å². The molecular weight excluding hydrogens is 864 g/mol. The zero-order valence-electron chi connectivity index (χ0n) is 35.7. The van der Waals surface area contributed by atoms with Gasteiger partial charge in [-0.3, -0.25) is 67.5 Å². The van der Waals surface area contributed by atoms with Crippen LogP contribution in [0.4, 0.5) is 0 Å². The number of benzene rings is 1. The molecule has 26 heteroatoms. The molecule has 1 heterocycles. The number of unbranched alkanes of at least 4 members (excludes halogenated alkanes) is 1. The van der Waals surface area contributed by atoms with Crippen LogP contribution in [0.5, 0.6) is 0 Å². The van der Waals surface area contributed by atoms with Gasteiger partial charge in [0.15, 0.2) is 0 Å². The molecular formula is C39H58N10O16. The number of hydrogen-bond donors (Lipinski definition) is 11. The fourth-order valence-electron chi connectivity index (χ4n) is 6.40. The van der Waals surface area contributed by atoms with Gasteiger partial charge in [0.2, 0.25) is 29.5 Å². The van der Waals surface area contributed by atoms with Gasteiger partial charge in [-0.1, -0.05) is 6.07 Å². The van der Waals surface area contributed by atoms with Crippen molar-refractivity contribution in [1.29, 1.82) is 0 Å². The van der Waals surface area contributed by atoms with Crippen LogP contribution in [-0.2, 0) is 43.2 Å². The number of carboxylic acids is 5. The zero-order valence-corrected chi connectivity index (χ0v) is 35.7. The second kappa shape index (κ2) is 28.8. The summed E-state index contributed by atoms with van der Waals surface area (Å²) in [5.74, 6) is -10.7. The molecule has 1 saturated heterocycles. The number of hydrogen-bond acceptors (Lipinski definition) is 15. The number of aliphatic carboxylic acids is 5. The summed E-state index contributed by atoms with van der Waals surface area (Å²) in [6, 6.07) is 2.49. The molecule has 0 aliphatic carbocycles. The van der Waals surface area contributed by atoms with Crippen LogP contribution in [0.2, 0.25) is 0 Å². The molecule has 2 rings (SSSR count). The molecule has 1 aromatic rings. The monoisotopic (exact) mass is 922 g/mol. The highest BCUT2D eigenvalue weighted by atomic mass is 16.4. The van der Waals surface area contributed by atoms with E-state index >= 15 is 0 Å². The lowest BCUT2D eigenvalue weighted by atomic mass is 10.1. The second-order valence-corrected chi connectivity index (χ2v) is 15.0. The van der Waals surface area contributed by atoms with Gasteiger partial charge < -0.3 is 57.9 Å². The Hall–Kier alpha value is -6.77. The number of rotatable bonds is 26. The molecule has 1 aliphatic rings. The van der Waals surface area contributed by atoms with E-state index in [1.54, 1.807) is 19.6 Å². The minimum absolute atomic E-state index is 0.0135. The predicted molar refractivity (Wildman–Crippen MR) is 224 cm³/mol. The minimum Gasteiger partial charge on any atom is -0.481 e. The molecule has 1 aliphatic heterocycles. The Bertz CT molecular complexity index is 1830. The van der Waals surface area contributed by atoms with Crippen molar-refractivity contribution in [2.75, 3.05) is 98.2 Å². The first kappa shape index (κ1) is 54.4. The number of nitrogens with zero attached hydrogens (tertiary/aromatic N) is 4. The molecule has 0 aromatic heterocycles. The highest BCUT2D eigenvalue weighted by molar-refractivity contribution is 6.00. The van der Waals surface area contributed by atoms with Crippen molar-refractivity contribution in [3.63, 3.8) is 0 Å². The Morgan fingerprint density at radius 1 is 0.538 bits per heavy atom. The van der Waals surface area contributed by atoms with Crippen LogP contribution in [0.3, 0.4) is 0 Å². The zero-order chi connectivity index (χ0) is 48.5. The lowest BCUT2D eigenvalue weighted by molar-refractivity contribution is -0.142. The Labute approximate surface area is 372 Å². The van der Waals surface area contributed by atoms with Crippen molar-refractivity contribution in [3.8, 4) is 0 Å². The van der Waals surface area contributed by atoms with E-state index in [4.69, 9.17) is 10.8 Å². The molecule has 26 nitrogen and oxygen atoms in total. The van der Waals surface area contributed by atoms with Gasteiger partial charge in [0.05, 0.1) is 39.3 Å². The molecule has 1 unspecified atom stereocenters. The predicted octanol–water partition coefficient (Wildman–Crippen LogP) is -4.69. The van der Waals surface area contributed by atoms with Gasteiger partial charge in [-0.2, -0.15) is 0 Å². The number of carboxylic acid groups (broad SMARTS) is 5. The number of carbonyl (C=O) groups excluding carboxylic acids is 6. The standard InChI is InChI=1S/C39H58N10O16/c40-36(61)25-4-3-5-26(18-25)37(62)42-19-29(50)44-27(7-8-32(53)54)38(63)43-20-30(51)45-28(39(64)65)6-1-2-9-41-31(52)21-46-10-12-47(22-33(55)56)14-16-49(24-35(59)60)17-15-48(13-11-46)23-34(57)58/h3-5,18,27-28H,1-2,6-17,19-24H2,(H2,40,61)(H,41,52)(H,42,62)(H,43,63)(H,44,50)(H,45,51)(H,53,54)(H,55,56)(H,57,58)(H,59,60)(H,64,65)/t27?,28-/m1/s1. The number of nitrogens with two attached hydrogens (primary N) is 1. The maximum Gasteiger partial charge on any atom is 0.326 e. The van der Waals surface area contributed by atoms with Gasteiger partial charge >= 0.3 is 29.8 Å². The first-order valence-corrected chi connectivity index (χ1v) is 20.5. The van der Waals surface area contributed by atoms with E-state index in [0.29, 0.717) is 6.42 Å². The largest absolute Gasteiger partial charge is 0.481 e. The number of carbonyl (C=O) groups is 11. The topological polar surface area (TPSA) is 388 Å². The average molecular weight is 923 g/mol. The number of amides is 6. The van der Waals surface area contributed by atoms with Crippen LogP contribution in [0.1, 0.15) is 52.8 Å². The van der Waals surface area contributed by atoms with Crippen LogP contribution < -0.4 is 32.3 Å². The van der Waals surface area contributed by atoms with E-state index in [0.717, 1.165) is 0 Å². The minimum atomic E-state index is -1.46. The molecule has 0 spiro atoms. The smallest absolute Gasteiger partial charge is 0.326 e. The van der Waals surface area contributed by atoms with E-state index in [9.17, 15) is 73.2 Å². The molecule has 6 amide bonds. The maximum absolute atomic E-state index is 13.0. The Morgan fingerprint density at radius 2 is 1.00 bits per heavy atom. The molecule has 360 valence electrons. The van der Waals surface area contributed by atoms with Crippen molar-refractivity contribution in [3.05, 3.63) is 35.4 Å². The molecule has 0 radical (unpaired) electrons. The van der Waals surface area contributed by atoms with Gasteiger partial charge in [-0.15, -0.1) is 0 Å². The van der Waals surface area contributed by atoms with Crippen LogP contribution in [0.15, 0.2) is 24.3 Å². The summed E-state index contributed by atoms with van der Waals surface area (Å²) >= 11 is 0. The van der Waals surface area contributed by atoms with Crippen molar-refractivity contribution in [1.82, 2.24) is 46.2 Å². The third kappa shape index (κ3) is 23.5. The van der Waals surface area contributed by atoms with Gasteiger partial charge in [0, 0.05) is 76.5 Å².